The normalized spacial score (nSPS) is 5.33. The Bertz CT molecular complexity index is 85.0. The molecule has 0 aliphatic heterocycles. The summed E-state index contributed by atoms with van der Waals surface area (Å²) in [4.78, 5) is 0. The maximum atomic E-state index is 2.89. The number of rotatable bonds is 0. The molecule has 0 fully saturated rings. The zero-order valence-electron chi connectivity index (χ0n) is 4.88. The van der Waals surface area contributed by atoms with E-state index in [1.807, 2.05) is 30.3 Å². The van der Waals surface area contributed by atoms with Crippen LogP contribution in [0.25, 0.3) is 0 Å². The zero-order chi connectivity index (χ0) is 4.24. The second-order valence-corrected chi connectivity index (χ2v) is 1.08. The van der Waals surface area contributed by atoms with Crippen molar-refractivity contribution in [3.63, 3.8) is 0 Å². The first kappa shape index (κ1) is 16.5. The van der Waals surface area contributed by atoms with Crippen molar-refractivity contribution in [1.82, 2.24) is 0 Å². The smallest absolute Gasteiger partial charge is 1.00 e. The fourth-order valence-electron chi connectivity index (χ4n) is 0.342. The summed E-state index contributed by atoms with van der Waals surface area (Å²) >= 11 is 0. The van der Waals surface area contributed by atoms with Crippen LogP contribution in [0.3, 0.4) is 0 Å². The van der Waals surface area contributed by atoms with E-state index in [1.54, 1.807) is 0 Å². The zero-order valence-corrected chi connectivity index (χ0v) is 9.38. The molecule has 0 bridgehead atoms. The van der Waals surface area contributed by atoms with Gasteiger partial charge in [-0.3, -0.25) is 0 Å². The van der Waals surface area contributed by atoms with E-state index in [2.05, 4.69) is 6.07 Å². The Morgan fingerprint density at radius 2 is 1.33 bits per heavy atom. The Hall–Kier alpha value is 1.01. The van der Waals surface area contributed by atoms with Gasteiger partial charge in [0.05, 0.1) is 0 Å². The van der Waals surface area contributed by atoms with Crippen molar-refractivity contribution in [1.29, 1.82) is 0 Å². The largest absolute Gasteiger partial charge is 2.00 e. The molecule has 0 unspecified atom stereocenters. The maximum Gasteiger partial charge on any atom is 2.00 e. The standard InChI is InChI=1S/C6H5.ClH.HI.Mg/c1-2-4-6-5-3-1;;;/h1-5H;2*1H;/q-1;;;+2/p-1. The van der Waals surface area contributed by atoms with E-state index in [4.69, 9.17) is 0 Å². The summed E-state index contributed by atoms with van der Waals surface area (Å²) in [5.74, 6) is 0. The molecular weight excluding hydrogens is 259 g/mol. The summed E-state index contributed by atoms with van der Waals surface area (Å²) in [7, 11) is 0. The molecule has 0 radical (unpaired) electrons. The van der Waals surface area contributed by atoms with Crippen LogP contribution in [0.1, 0.15) is 0 Å². The van der Waals surface area contributed by atoms with Crippen LogP contribution in [0.15, 0.2) is 30.3 Å². The topological polar surface area (TPSA) is 0 Å². The van der Waals surface area contributed by atoms with Crippen LogP contribution in [0, 0.1) is 6.07 Å². The molecule has 9 heavy (non-hydrogen) atoms. The molecule has 0 saturated heterocycles. The molecule has 0 heterocycles. The molecule has 0 spiro atoms. The Morgan fingerprint density at radius 1 is 0.889 bits per heavy atom. The first-order chi connectivity index (χ1) is 3.00. The summed E-state index contributed by atoms with van der Waals surface area (Å²) in [5.41, 5.74) is 0. The molecule has 0 atom stereocenters. The second kappa shape index (κ2) is 11.8. The van der Waals surface area contributed by atoms with Gasteiger partial charge in [0.2, 0.25) is 0 Å². The average molecular weight is 265 g/mol. The number of hydrogen-bond donors (Lipinski definition) is 0. The molecule has 0 saturated carbocycles. The van der Waals surface area contributed by atoms with Gasteiger partial charge in [-0.15, -0.1) is 24.0 Å². The number of hydrogen-bond acceptors (Lipinski definition) is 0. The van der Waals surface area contributed by atoms with Gasteiger partial charge >= 0.3 is 23.1 Å². The molecule has 1 aromatic rings. The molecule has 1 aromatic carbocycles. The van der Waals surface area contributed by atoms with E-state index >= 15 is 0 Å². The van der Waals surface area contributed by atoms with Gasteiger partial charge in [-0.1, -0.05) is 0 Å². The second-order valence-electron chi connectivity index (χ2n) is 1.08. The molecule has 0 N–H and O–H groups in total. The van der Waals surface area contributed by atoms with Crippen molar-refractivity contribution in [2.24, 2.45) is 0 Å². The predicted molar refractivity (Wildman–Crippen MR) is 46.4 cm³/mol. The number of benzene rings is 1. The van der Waals surface area contributed by atoms with Crippen LogP contribution >= 0.6 is 24.0 Å². The van der Waals surface area contributed by atoms with Gasteiger partial charge in [-0.2, -0.15) is 36.4 Å². The molecule has 0 nitrogen and oxygen atoms in total. The van der Waals surface area contributed by atoms with Crippen LogP contribution < -0.4 is 12.4 Å². The van der Waals surface area contributed by atoms with Crippen LogP contribution in [0.4, 0.5) is 0 Å². The average Bonchev–Trinajstić information content (AvgIpc) is 1.72. The Kier molecular flexibility index (Phi) is 21.6. The van der Waals surface area contributed by atoms with Gasteiger partial charge in [0.1, 0.15) is 0 Å². The van der Waals surface area contributed by atoms with Crippen molar-refractivity contribution in [2.75, 3.05) is 0 Å². The SMILES string of the molecule is I.[Cl-].[Mg+2].[c-]1ccccc1. The Labute approximate surface area is 95.0 Å². The molecule has 0 amide bonds. The Morgan fingerprint density at radius 3 is 1.44 bits per heavy atom. The summed E-state index contributed by atoms with van der Waals surface area (Å²) in [6, 6.07) is 12.5. The van der Waals surface area contributed by atoms with Gasteiger partial charge in [-0.05, 0) is 0 Å². The summed E-state index contributed by atoms with van der Waals surface area (Å²) in [6.45, 7) is 0. The third-order valence-electron chi connectivity index (χ3n) is 0.607. The summed E-state index contributed by atoms with van der Waals surface area (Å²) in [5, 5.41) is 0. The first-order valence-electron chi connectivity index (χ1n) is 1.91. The minimum Gasteiger partial charge on any atom is -1.00 e. The van der Waals surface area contributed by atoms with Gasteiger partial charge in [-0.25, -0.2) is 0 Å². The minimum atomic E-state index is 0. The van der Waals surface area contributed by atoms with Gasteiger partial charge in [0.15, 0.2) is 0 Å². The van der Waals surface area contributed by atoms with Crippen molar-refractivity contribution < 1.29 is 12.4 Å². The number of halogens is 2. The van der Waals surface area contributed by atoms with Gasteiger partial charge in [0, 0.05) is 0 Å². The molecule has 0 aliphatic rings. The van der Waals surface area contributed by atoms with E-state index in [0.717, 1.165) is 0 Å². The van der Waals surface area contributed by atoms with Crippen LogP contribution in [-0.4, -0.2) is 23.1 Å². The van der Waals surface area contributed by atoms with Crippen LogP contribution in [0.2, 0.25) is 0 Å². The molecule has 0 aromatic heterocycles. The molecule has 3 heteroatoms. The van der Waals surface area contributed by atoms with Crippen molar-refractivity contribution >= 4 is 47.0 Å². The maximum absolute atomic E-state index is 2.89. The van der Waals surface area contributed by atoms with E-state index in [0.29, 0.717) is 0 Å². The summed E-state index contributed by atoms with van der Waals surface area (Å²) < 4.78 is 0. The molecule has 1 rings (SSSR count). The van der Waals surface area contributed by atoms with Gasteiger partial charge in [0.25, 0.3) is 0 Å². The fraction of sp³-hybridized carbons (Fsp3) is 0. The quantitative estimate of drug-likeness (QED) is 0.311. The molecule has 0 aliphatic carbocycles. The third kappa shape index (κ3) is 9.01. The van der Waals surface area contributed by atoms with E-state index in [9.17, 15) is 0 Å². The minimum absolute atomic E-state index is 0. The van der Waals surface area contributed by atoms with Crippen molar-refractivity contribution in [2.45, 2.75) is 0 Å². The van der Waals surface area contributed by atoms with Crippen molar-refractivity contribution in [3.05, 3.63) is 36.4 Å². The van der Waals surface area contributed by atoms with E-state index in [-0.39, 0.29) is 59.4 Å². The predicted octanol–water partition coefficient (Wildman–Crippen LogP) is -1.27. The summed E-state index contributed by atoms with van der Waals surface area (Å²) in [6.07, 6.45) is 0. The van der Waals surface area contributed by atoms with Crippen LogP contribution in [-0.2, 0) is 0 Å². The van der Waals surface area contributed by atoms with Gasteiger partial charge < -0.3 is 12.4 Å². The Balaban J connectivity index is -0.000000120. The molecule has 46 valence electrons. The van der Waals surface area contributed by atoms with E-state index in [1.165, 1.54) is 0 Å². The molecular formula is C6H6ClIMg. The van der Waals surface area contributed by atoms with Crippen LogP contribution in [0.5, 0.6) is 0 Å². The monoisotopic (exact) mass is 264 g/mol. The third-order valence-corrected chi connectivity index (χ3v) is 0.607. The van der Waals surface area contributed by atoms with Crippen molar-refractivity contribution in [3.8, 4) is 0 Å². The van der Waals surface area contributed by atoms with E-state index < -0.39 is 0 Å². The first-order valence-corrected chi connectivity index (χ1v) is 1.91. The fourth-order valence-corrected chi connectivity index (χ4v) is 0.342.